The van der Waals surface area contributed by atoms with E-state index in [1.54, 1.807) is 13.0 Å². The second kappa shape index (κ2) is 9.87. The molecule has 0 bridgehead atoms. The van der Waals surface area contributed by atoms with Crippen LogP contribution in [-0.2, 0) is 25.8 Å². The zero-order valence-corrected chi connectivity index (χ0v) is 17.1. The van der Waals surface area contributed by atoms with Crippen molar-refractivity contribution in [3.8, 4) is 0 Å². The smallest absolute Gasteiger partial charge is 0.361 e. The maximum atomic E-state index is 12.3. The van der Waals surface area contributed by atoms with E-state index in [9.17, 15) is 4.79 Å². The number of nitrogens with zero attached hydrogens (tertiary/aromatic N) is 2. The van der Waals surface area contributed by atoms with Crippen molar-refractivity contribution in [1.29, 1.82) is 0 Å². The summed E-state index contributed by atoms with van der Waals surface area (Å²) >= 11 is 0. The molecule has 1 fully saturated rings. The van der Waals surface area contributed by atoms with Gasteiger partial charge >= 0.3 is 5.97 Å². The van der Waals surface area contributed by atoms with Crippen molar-refractivity contribution in [2.24, 2.45) is 16.2 Å². The first kappa shape index (κ1) is 20.6. The van der Waals surface area contributed by atoms with Crippen LogP contribution in [0.4, 0.5) is 0 Å². The highest BCUT2D eigenvalue weighted by atomic mass is 16.6. The van der Waals surface area contributed by atoms with Gasteiger partial charge in [-0.2, -0.15) is 0 Å². The second-order valence-corrected chi connectivity index (χ2v) is 6.89. The average molecular weight is 394 g/mol. The Hall–Kier alpha value is -3.15. The Balaban J connectivity index is 1.80. The summed E-state index contributed by atoms with van der Waals surface area (Å²) in [7, 11) is 1.39. The van der Waals surface area contributed by atoms with E-state index < -0.39 is 5.97 Å². The lowest BCUT2D eigenvalue weighted by molar-refractivity contribution is -0.135. The second-order valence-electron chi connectivity index (χ2n) is 6.89. The Morgan fingerprint density at radius 1 is 1.07 bits per heavy atom. The van der Waals surface area contributed by atoms with E-state index in [-0.39, 0.29) is 18.9 Å². The third kappa shape index (κ3) is 5.44. The van der Waals surface area contributed by atoms with Crippen LogP contribution in [0.15, 0.2) is 58.8 Å². The molecule has 6 nitrogen and oxygen atoms in total. The third-order valence-electron chi connectivity index (χ3n) is 4.62. The van der Waals surface area contributed by atoms with E-state index in [1.165, 1.54) is 12.7 Å². The van der Waals surface area contributed by atoms with Crippen molar-refractivity contribution >= 4 is 17.4 Å². The number of carbonyl (C=O) groups excluding carboxylic acids is 1. The normalized spacial score (nSPS) is 14.4. The van der Waals surface area contributed by atoms with Gasteiger partial charge in [0.05, 0.1) is 12.3 Å². The van der Waals surface area contributed by atoms with Crippen molar-refractivity contribution < 1.29 is 19.2 Å². The summed E-state index contributed by atoms with van der Waals surface area (Å²) in [5, 5.41) is 8.30. The highest BCUT2D eigenvalue weighted by Crippen LogP contribution is 2.33. The summed E-state index contributed by atoms with van der Waals surface area (Å²) < 4.78 is 5.10. The maximum absolute atomic E-state index is 12.3. The van der Waals surface area contributed by atoms with Crippen LogP contribution in [0.2, 0.25) is 0 Å². The molecule has 2 aromatic carbocycles. The first-order chi connectivity index (χ1) is 14.1. The fourth-order valence-corrected chi connectivity index (χ4v) is 2.98. The van der Waals surface area contributed by atoms with Gasteiger partial charge in [0.2, 0.25) is 0 Å². The monoisotopic (exact) mass is 394 g/mol. The predicted molar refractivity (Wildman–Crippen MR) is 112 cm³/mol. The van der Waals surface area contributed by atoms with Gasteiger partial charge in [-0.1, -0.05) is 64.4 Å². The Bertz CT molecular complexity index is 899. The zero-order chi connectivity index (χ0) is 20.6. The lowest BCUT2D eigenvalue weighted by atomic mass is 10.0. The van der Waals surface area contributed by atoms with Crippen molar-refractivity contribution in [2.45, 2.75) is 33.3 Å². The highest BCUT2D eigenvalue weighted by molar-refractivity contribution is 6.43. The molecule has 0 radical (unpaired) electrons. The lowest BCUT2D eigenvalue weighted by Gasteiger charge is -2.11. The Morgan fingerprint density at radius 3 is 2.45 bits per heavy atom. The molecule has 0 spiro atoms. The molecule has 0 amide bonds. The molecule has 1 aliphatic rings. The number of esters is 1. The van der Waals surface area contributed by atoms with Gasteiger partial charge < -0.3 is 14.4 Å². The number of rotatable bonds is 9. The Morgan fingerprint density at radius 2 is 1.79 bits per heavy atom. The standard InChI is InChI=1S/C23H26N2O4/c1-4-28-23(26)22(24-27-3)20-8-6-5-7-19(20)15-29-25-21(18-13-14-18)17-11-9-16(2)10-12-17/h5-12,18H,4,13-15H2,1-3H3/b24-22+,25-21+. The molecule has 0 N–H and O–H groups in total. The molecule has 0 heterocycles. The topological polar surface area (TPSA) is 69.5 Å². The number of benzene rings is 2. The molecule has 2 aromatic rings. The summed E-state index contributed by atoms with van der Waals surface area (Å²) in [6.45, 7) is 4.27. The van der Waals surface area contributed by atoms with E-state index >= 15 is 0 Å². The number of hydrogen-bond donors (Lipinski definition) is 0. The average Bonchev–Trinajstić information content (AvgIpc) is 3.56. The fourth-order valence-electron chi connectivity index (χ4n) is 2.98. The molecule has 3 rings (SSSR count). The summed E-state index contributed by atoms with van der Waals surface area (Å²) in [6, 6.07) is 15.7. The van der Waals surface area contributed by atoms with Gasteiger partial charge in [-0.25, -0.2) is 4.79 Å². The molecule has 152 valence electrons. The number of hydrogen-bond acceptors (Lipinski definition) is 6. The van der Waals surface area contributed by atoms with E-state index in [1.807, 2.05) is 18.2 Å². The summed E-state index contributed by atoms with van der Waals surface area (Å²) in [5.74, 6) is -0.0956. The molecular formula is C23H26N2O4. The SMILES string of the molecule is CCOC(=O)/C(=N/OC)c1ccccc1CO/N=C(\c1ccc(C)cc1)C1CC1. The number of carbonyl (C=O) groups is 1. The van der Waals surface area contributed by atoms with Crippen molar-refractivity contribution in [2.75, 3.05) is 13.7 Å². The van der Waals surface area contributed by atoms with Gasteiger partial charge in [0.15, 0.2) is 5.71 Å². The minimum absolute atomic E-state index is 0.110. The molecule has 0 saturated heterocycles. The molecule has 0 aliphatic heterocycles. The van der Waals surface area contributed by atoms with Crippen LogP contribution in [0.1, 0.15) is 42.0 Å². The van der Waals surface area contributed by atoms with E-state index in [4.69, 9.17) is 14.4 Å². The third-order valence-corrected chi connectivity index (χ3v) is 4.62. The van der Waals surface area contributed by atoms with Gasteiger partial charge in [0.1, 0.15) is 13.7 Å². The minimum Gasteiger partial charge on any atom is -0.461 e. The van der Waals surface area contributed by atoms with Gasteiger partial charge in [-0.15, -0.1) is 0 Å². The van der Waals surface area contributed by atoms with Gasteiger partial charge in [-0.3, -0.25) is 0 Å². The number of oxime groups is 2. The van der Waals surface area contributed by atoms with Gasteiger partial charge in [0.25, 0.3) is 0 Å². The molecule has 0 atom stereocenters. The van der Waals surface area contributed by atoms with E-state index in [2.05, 4.69) is 41.5 Å². The van der Waals surface area contributed by atoms with E-state index in [0.29, 0.717) is 11.5 Å². The molecule has 0 unspecified atom stereocenters. The summed E-state index contributed by atoms with van der Waals surface area (Å²) in [5.41, 5.74) is 4.75. The van der Waals surface area contributed by atoms with Gasteiger partial charge in [-0.05, 0) is 32.3 Å². The van der Waals surface area contributed by atoms with E-state index in [0.717, 1.165) is 29.7 Å². The van der Waals surface area contributed by atoms with Gasteiger partial charge in [0, 0.05) is 17.0 Å². The van der Waals surface area contributed by atoms with Crippen LogP contribution < -0.4 is 0 Å². The van der Waals surface area contributed by atoms with Crippen molar-refractivity contribution in [3.63, 3.8) is 0 Å². The molecule has 0 aromatic heterocycles. The largest absolute Gasteiger partial charge is 0.461 e. The van der Waals surface area contributed by atoms with Crippen molar-refractivity contribution in [3.05, 3.63) is 70.8 Å². The first-order valence-corrected chi connectivity index (χ1v) is 9.77. The fraction of sp³-hybridized carbons (Fsp3) is 0.348. The predicted octanol–water partition coefficient (Wildman–Crippen LogP) is 4.24. The lowest BCUT2D eigenvalue weighted by Crippen LogP contribution is -2.21. The van der Waals surface area contributed by atoms with Crippen LogP contribution in [-0.4, -0.2) is 31.1 Å². The number of ether oxygens (including phenoxy) is 1. The first-order valence-electron chi connectivity index (χ1n) is 9.77. The van der Waals surface area contributed by atoms with Crippen LogP contribution in [0, 0.1) is 12.8 Å². The maximum Gasteiger partial charge on any atom is 0.361 e. The quantitative estimate of drug-likeness (QED) is 0.362. The number of aryl methyl sites for hydroxylation is 1. The molecule has 1 aliphatic carbocycles. The Labute approximate surface area is 171 Å². The zero-order valence-electron chi connectivity index (χ0n) is 17.1. The molecular weight excluding hydrogens is 368 g/mol. The van der Waals surface area contributed by atoms with Crippen LogP contribution in [0.25, 0.3) is 0 Å². The summed E-state index contributed by atoms with van der Waals surface area (Å²) in [4.78, 5) is 22.8. The van der Waals surface area contributed by atoms with Crippen LogP contribution >= 0.6 is 0 Å². The van der Waals surface area contributed by atoms with Crippen molar-refractivity contribution in [1.82, 2.24) is 0 Å². The Kier molecular flexibility index (Phi) is 7.00. The molecule has 1 saturated carbocycles. The van der Waals surface area contributed by atoms with Crippen LogP contribution in [0.5, 0.6) is 0 Å². The minimum atomic E-state index is -0.538. The molecule has 29 heavy (non-hydrogen) atoms. The highest BCUT2D eigenvalue weighted by Gasteiger charge is 2.29. The summed E-state index contributed by atoms with van der Waals surface area (Å²) in [6.07, 6.45) is 2.25. The van der Waals surface area contributed by atoms with Crippen LogP contribution in [0.3, 0.4) is 0 Å². The molecule has 6 heteroatoms.